The Bertz CT molecular complexity index is 391. The number of aliphatic imine (C=N–C) groups is 1. The van der Waals surface area contributed by atoms with Crippen LogP contribution in [0.4, 0.5) is 0 Å². The van der Waals surface area contributed by atoms with Gasteiger partial charge in [0.1, 0.15) is 0 Å². The van der Waals surface area contributed by atoms with E-state index in [2.05, 4.69) is 22.5 Å². The molecule has 25 heavy (non-hydrogen) atoms. The van der Waals surface area contributed by atoms with Gasteiger partial charge in [0.05, 0.1) is 13.2 Å². The first kappa shape index (κ1) is 21.7. The second-order valence-electron chi connectivity index (χ2n) is 6.48. The fourth-order valence-corrected chi connectivity index (χ4v) is 2.81. The molecule has 1 aliphatic rings. The van der Waals surface area contributed by atoms with Gasteiger partial charge in [-0.3, -0.25) is 9.79 Å². The molecule has 7 nitrogen and oxygen atoms in total. The van der Waals surface area contributed by atoms with Crippen molar-refractivity contribution in [3.63, 3.8) is 0 Å². The van der Waals surface area contributed by atoms with Crippen LogP contribution < -0.4 is 10.6 Å². The molecule has 1 aliphatic heterocycles. The fourth-order valence-electron chi connectivity index (χ4n) is 2.81. The van der Waals surface area contributed by atoms with Gasteiger partial charge >= 0.3 is 0 Å². The molecule has 7 heteroatoms. The Balaban J connectivity index is 2.20. The van der Waals surface area contributed by atoms with Crippen molar-refractivity contribution in [2.24, 2.45) is 10.9 Å². The number of methoxy groups -OCH3 is 1. The Morgan fingerprint density at radius 3 is 2.84 bits per heavy atom. The first-order chi connectivity index (χ1) is 12.2. The van der Waals surface area contributed by atoms with Crippen LogP contribution in [0, 0.1) is 5.92 Å². The van der Waals surface area contributed by atoms with Crippen molar-refractivity contribution in [3.05, 3.63) is 0 Å². The number of carbonyl (C=O) groups is 1. The lowest BCUT2D eigenvalue weighted by atomic mass is 10.00. The fraction of sp³-hybridized carbons (Fsp3) is 0.889. The van der Waals surface area contributed by atoms with E-state index in [1.54, 1.807) is 7.11 Å². The van der Waals surface area contributed by atoms with Gasteiger partial charge in [0.25, 0.3) is 0 Å². The van der Waals surface area contributed by atoms with E-state index in [1.165, 1.54) is 6.42 Å². The highest BCUT2D eigenvalue weighted by molar-refractivity contribution is 5.81. The van der Waals surface area contributed by atoms with Crippen LogP contribution in [0.5, 0.6) is 0 Å². The van der Waals surface area contributed by atoms with Gasteiger partial charge in [-0.15, -0.1) is 0 Å². The molecule has 0 bridgehead atoms. The van der Waals surface area contributed by atoms with Gasteiger partial charge in [0.2, 0.25) is 5.91 Å². The van der Waals surface area contributed by atoms with E-state index in [9.17, 15) is 4.79 Å². The third kappa shape index (κ3) is 10.3. The van der Waals surface area contributed by atoms with Crippen molar-refractivity contribution >= 4 is 11.9 Å². The van der Waals surface area contributed by atoms with Crippen LogP contribution in [0.3, 0.4) is 0 Å². The summed E-state index contributed by atoms with van der Waals surface area (Å²) in [4.78, 5) is 18.8. The van der Waals surface area contributed by atoms with Crippen molar-refractivity contribution in [1.82, 2.24) is 15.5 Å². The molecule has 2 N–H and O–H groups in total. The summed E-state index contributed by atoms with van der Waals surface area (Å²) in [6.07, 6.45) is 3.73. The SMILES string of the molecule is CCNC(=NCCCOCCOC)NCCC(=O)N1CCCC(C)C1. The molecule has 0 aliphatic carbocycles. The van der Waals surface area contributed by atoms with E-state index in [1.807, 2.05) is 11.8 Å². The normalized spacial score (nSPS) is 18.3. The molecule has 1 saturated heterocycles. The van der Waals surface area contributed by atoms with Gasteiger partial charge < -0.3 is 25.0 Å². The van der Waals surface area contributed by atoms with E-state index in [0.717, 1.165) is 38.4 Å². The molecule has 0 spiro atoms. The first-order valence-corrected chi connectivity index (χ1v) is 9.54. The average molecular weight is 357 g/mol. The van der Waals surface area contributed by atoms with E-state index in [0.29, 0.717) is 45.2 Å². The standard InChI is InChI=1S/C18H36N4O3/c1-4-19-18(20-9-6-12-25-14-13-24-3)21-10-8-17(23)22-11-5-7-16(2)15-22/h16H,4-15H2,1-3H3,(H2,19,20,21). The molecule has 0 aromatic heterocycles. The van der Waals surface area contributed by atoms with Gasteiger partial charge in [0, 0.05) is 52.9 Å². The highest BCUT2D eigenvalue weighted by atomic mass is 16.5. The summed E-state index contributed by atoms with van der Waals surface area (Å²) < 4.78 is 10.3. The van der Waals surface area contributed by atoms with Crippen LogP contribution in [0.2, 0.25) is 0 Å². The van der Waals surface area contributed by atoms with Gasteiger partial charge in [-0.25, -0.2) is 0 Å². The van der Waals surface area contributed by atoms with Crippen molar-refractivity contribution in [2.75, 3.05) is 59.7 Å². The van der Waals surface area contributed by atoms with Crippen LogP contribution >= 0.6 is 0 Å². The summed E-state index contributed by atoms with van der Waals surface area (Å²) in [5.74, 6) is 1.62. The van der Waals surface area contributed by atoms with Crippen molar-refractivity contribution in [1.29, 1.82) is 0 Å². The minimum absolute atomic E-state index is 0.237. The maximum atomic E-state index is 12.3. The molecule has 0 aromatic rings. The largest absolute Gasteiger partial charge is 0.382 e. The molecular formula is C18H36N4O3. The number of amides is 1. The Morgan fingerprint density at radius 1 is 1.28 bits per heavy atom. The minimum Gasteiger partial charge on any atom is -0.382 e. The predicted molar refractivity (Wildman–Crippen MR) is 101 cm³/mol. The van der Waals surface area contributed by atoms with E-state index >= 15 is 0 Å². The summed E-state index contributed by atoms with van der Waals surface area (Å²) in [7, 11) is 1.67. The Hall–Kier alpha value is -1.34. The number of hydrogen-bond donors (Lipinski definition) is 2. The predicted octanol–water partition coefficient (Wildman–Crippen LogP) is 1.24. The zero-order valence-electron chi connectivity index (χ0n) is 16.2. The monoisotopic (exact) mass is 356 g/mol. The van der Waals surface area contributed by atoms with Crippen LogP contribution in [0.15, 0.2) is 4.99 Å². The maximum absolute atomic E-state index is 12.3. The number of carbonyl (C=O) groups excluding carboxylic acids is 1. The maximum Gasteiger partial charge on any atom is 0.224 e. The molecular weight excluding hydrogens is 320 g/mol. The van der Waals surface area contributed by atoms with E-state index < -0.39 is 0 Å². The first-order valence-electron chi connectivity index (χ1n) is 9.54. The van der Waals surface area contributed by atoms with Crippen LogP contribution in [0.1, 0.15) is 39.5 Å². The molecule has 1 heterocycles. The zero-order chi connectivity index (χ0) is 18.3. The molecule has 0 radical (unpaired) electrons. The third-order valence-electron chi connectivity index (χ3n) is 4.13. The highest BCUT2D eigenvalue weighted by Crippen LogP contribution is 2.15. The van der Waals surface area contributed by atoms with Crippen LogP contribution in [-0.4, -0.2) is 76.4 Å². The van der Waals surface area contributed by atoms with Gasteiger partial charge in [-0.2, -0.15) is 0 Å². The van der Waals surface area contributed by atoms with Gasteiger partial charge in [-0.05, 0) is 32.1 Å². The second kappa shape index (κ2) is 13.9. The van der Waals surface area contributed by atoms with Gasteiger partial charge in [-0.1, -0.05) is 6.92 Å². The van der Waals surface area contributed by atoms with E-state index in [-0.39, 0.29) is 5.91 Å². The molecule has 146 valence electrons. The smallest absolute Gasteiger partial charge is 0.224 e. The number of nitrogens with zero attached hydrogens (tertiary/aromatic N) is 2. The lowest BCUT2D eigenvalue weighted by Crippen LogP contribution is -2.42. The average Bonchev–Trinajstić information content (AvgIpc) is 2.60. The lowest BCUT2D eigenvalue weighted by molar-refractivity contribution is -0.132. The Kier molecular flexibility index (Phi) is 12.1. The zero-order valence-corrected chi connectivity index (χ0v) is 16.2. The van der Waals surface area contributed by atoms with Crippen LogP contribution in [0.25, 0.3) is 0 Å². The molecule has 1 unspecified atom stereocenters. The number of nitrogens with one attached hydrogen (secondary N) is 2. The van der Waals surface area contributed by atoms with Crippen molar-refractivity contribution in [2.45, 2.75) is 39.5 Å². The summed E-state index contributed by atoms with van der Waals surface area (Å²) in [6, 6.07) is 0. The number of hydrogen-bond acceptors (Lipinski definition) is 4. The molecule has 0 saturated carbocycles. The van der Waals surface area contributed by atoms with Crippen LogP contribution in [-0.2, 0) is 14.3 Å². The second-order valence-corrected chi connectivity index (χ2v) is 6.48. The number of guanidine groups is 1. The molecule has 1 fully saturated rings. The number of ether oxygens (including phenoxy) is 2. The third-order valence-corrected chi connectivity index (χ3v) is 4.13. The number of likely N-dealkylation sites (tertiary alicyclic amines) is 1. The number of piperidine rings is 1. The van der Waals surface area contributed by atoms with Crippen molar-refractivity contribution in [3.8, 4) is 0 Å². The Labute approximate surface area is 152 Å². The summed E-state index contributed by atoms with van der Waals surface area (Å²) >= 11 is 0. The van der Waals surface area contributed by atoms with Crippen molar-refractivity contribution < 1.29 is 14.3 Å². The van der Waals surface area contributed by atoms with Gasteiger partial charge in [0.15, 0.2) is 5.96 Å². The molecule has 1 amide bonds. The molecule has 0 aromatic carbocycles. The molecule has 1 rings (SSSR count). The Morgan fingerprint density at radius 2 is 2.12 bits per heavy atom. The number of rotatable bonds is 11. The molecule has 1 atom stereocenters. The minimum atomic E-state index is 0.237. The van der Waals surface area contributed by atoms with E-state index in [4.69, 9.17) is 9.47 Å². The quantitative estimate of drug-likeness (QED) is 0.331. The summed E-state index contributed by atoms with van der Waals surface area (Å²) in [5, 5.41) is 6.45. The summed E-state index contributed by atoms with van der Waals surface area (Å²) in [6.45, 7) is 10.1. The summed E-state index contributed by atoms with van der Waals surface area (Å²) in [5.41, 5.74) is 0. The lowest BCUT2D eigenvalue weighted by Gasteiger charge is -2.31. The topological polar surface area (TPSA) is 75.2 Å². The highest BCUT2D eigenvalue weighted by Gasteiger charge is 2.20.